The minimum atomic E-state index is -3.60. The van der Waals surface area contributed by atoms with Crippen molar-refractivity contribution in [2.24, 2.45) is 5.92 Å². The number of carbonyl (C=O) groups is 2. The maximum Gasteiger partial charge on any atom is 0.329 e. The lowest BCUT2D eigenvalue weighted by Crippen LogP contribution is -2.48. The Bertz CT molecular complexity index is 738. The monoisotopic (exact) mass is 353 g/mol. The Morgan fingerprint density at radius 1 is 1.29 bits per heavy atom. The molecule has 0 aromatic carbocycles. The van der Waals surface area contributed by atoms with Crippen molar-refractivity contribution >= 4 is 21.9 Å². The molecule has 0 spiro atoms. The number of hydrogen-bond acceptors (Lipinski definition) is 5. The predicted octanol–water partition coefficient (Wildman–Crippen LogP) is 0.216. The van der Waals surface area contributed by atoms with E-state index in [9.17, 15) is 18.0 Å². The number of carbonyl (C=O) groups excluding carboxylic acids is 1. The van der Waals surface area contributed by atoms with Crippen molar-refractivity contribution in [3.63, 3.8) is 0 Å². The Balaban J connectivity index is 1.60. The van der Waals surface area contributed by atoms with Crippen molar-refractivity contribution in [3.8, 4) is 0 Å². The highest BCUT2D eigenvalue weighted by Crippen LogP contribution is 2.36. The van der Waals surface area contributed by atoms with Gasteiger partial charge in [-0.3, -0.25) is 9.78 Å². The van der Waals surface area contributed by atoms with Crippen LogP contribution in [0.3, 0.4) is 0 Å². The van der Waals surface area contributed by atoms with Gasteiger partial charge in [0.1, 0.15) is 10.4 Å². The highest BCUT2D eigenvalue weighted by molar-refractivity contribution is 7.89. The summed E-state index contributed by atoms with van der Waals surface area (Å²) in [7, 11) is -3.60. The molecule has 8 nitrogen and oxygen atoms in total. The summed E-state index contributed by atoms with van der Waals surface area (Å²) in [6.07, 6.45) is 4.45. The number of rotatable bonds is 5. The normalized spacial score (nSPS) is 21.2. The number of aliphatic carboxylic acids is 1. The molecule has 1 aromatic rings. The van der Waals surface area contributed by atoms with Crippen LogP contribution in [0.15, 0.2) is 29.4 Å². The van der Waals surface area contributed by atoms with Crippen LogP contribution in [0, 0.1) is 5.92 Å². The van der Waals surface area contributed by atoms with Crippen LogP contribution < -0.4 is 5.32 Å². The van der Waals surface area contributed by atoms with Crippen LogP contribution in [-0.2, 0) is 19.6 Å². The molecule has 2 N–H and O–H groups in total. The van der Waals surface area contributed by atoms with Gasteiger partial charge in [0, 0.05) is 31.4 Å². The Labute approximate surface area is 139 Å². The van der Waals surface area contributed by atoms with Gasteiger partial charge in [-0.05, 0) is 37.8 Å². The van der Waals surface area contributed by atoms with Gasteiger partial charge in [-0.25, -0.2) is 13.2 Å². The topological polar surface area (TPSA) is 117 Å². The Morgan fingerprint density at radius 3 is 2.46 bits per heavy atom. The molecule has 0 atom stereocenters. The summed E-state index contributed by atoms with van der Waals surface area (Å²) in [4.78, 5) is 27.3. The number of carboxylic acids is 1. The fourth-order valence-corrected chi connectivity index (χ4v) is 4.30. The fourth-order valence-electron chi connectivity index (χ4n) is 2.86. The molecule has 24 heavy (non-hydrogen) atoms. The Morgan fingerprint density at radius 2 is 1.96 bits per heavy atom. The van der Waals surface area contributed by atoms with Crippen molar-refractivity contribution in [2.75, 3.05) is 13.1 Å². The average molecular weight is 353 g/mol. The molecule has 1 saturated carbocycles. The second kappa shape index (κ2) is 6.14. The molecule has 2 heterocycles. The number of carboxylic acid groups (broad SMARTS) is 1. The van der Waals surface area contributed by atoms with Gasteiger partial charge >= 0.3 is 5.97 Å². The van der Waals surface area contributed by atoms with Crippen LogP contribution in [-0.4, -0.2) is 53.3 Å². The van der Waals surface area contributed by atoms with Crippen LogP contribution >= 0.6 is 0 Å². The number of piperidine rings is 1. The SMILES string of the molecule is O=C(NC1(C(=O)O)CC1)C1CCN(S(=O)(=O)c2cccnc2)CC1. The van der Waals surface area contributed by atoms with Crippen molar-refractivity contribution in [2.45, 2.75) is 36.1 Å². The van der Waals surface area contributed by atoms with E-state index in [1.807, 2.05) is 0 Å². The zero-order chi connectivity index (χ0) is 17.4. The molecule has 1 aromatic heterocycles. The molecule has 1 saturated heterocycles. The zero-order valence-corrected chi connectivity index (χ0v) is 13.8. The third-order valence-electron chi connectivity index (χ3n) is 4.62. The molecule has 0 bridgehead atoms. The molecular formula is C15H19N3O5S. The number of nitrogens with one attached hydrogen (secondary N) is 1. The predicted molar refractivity (Wildman–Crippen MR) is 83.5 cm³/mol. The van der Waals surface area contributed by atoms with Gasteiger partial charge < -0.3 is 10.4 Å². The fraction of sp³-hybridized carbons (Fsp3) is 0.533. The molecule has 9 heteroatoms. The number of amides is 1. The summed E-state index contributed by atoms with van der Waals surface area (Å²) >= 11 is 0. The first-order chi connectivity index (χ1) is 11.3. The van der Waals surface area contributed by atoms with Crippen LogP contribution in [0.25, 0.3) is 0 Å². The smallest absolute Gasteiger partial charge is 0.329 e. The molecule has 0 unspecified atom stereocenters. The summed E-state index contributed by atoms with van der Waals surface area (Å²) in [6.45, 7) is 0.463. The van der Waals surface area contributed by atoms with Gasteiger partial charge in [-0.15, -0.1) is 0 Å². The lowest BCUT2D eigenvalue weighted by molar-refractivity contribution is -0.144. The molecule has 2 aliphatic rings. The number of pyridine rings is 1. The van der Waals surface area contributed by atoms with Gasteiger partial charge in [-0.2, -0.15) is 4.31 Å². The van der Waals surface area contributed by atoms with E-state index < -0.39 is 21.5 Å². The van der Waals surface area contributed by atoms with Gasteiger partial charge in [-0.1, -0.05) is 0 Å². The van der Waals surface area contributed by atoms with Gasteiger partial charge in [0.2, 0.25) is 15.9 Å². The first-order valence-corrected chi connectivity index (χ1v) is 9.25. The van der Waals surface area contributed by atoms with Crippen LogP contribution in [0.1, 0.15) is 25.7 Å². The number of sulfonamides is 1. The summed E-state index contributed by atoms with van der Waals surface area (Å²) in [6, 6.07) is 3.05. The van der Waals surface area contributed by atoms with E-state index in [1.165, 1.54) is 22.8 Å². The lowest BCUT2D eigenvalue weighted by Gasteiger charge is -2.31. The zero-order valence-electron chi connectivity index (χ0n) is 13.0. The van der Waals surface area contributed by atoms with Crippen molar-refractivity contribution < 1.29 is 23.1 Å². The highest BCUT2D eigenvalue weighted by atomic mass is 32.2. The first kappa shape index (κ1) is 16.8. The van der Waals surface area contributed by atoms with E-state index in [0.717, 1.165) is 0 Å². The quantitative estimate of drug-likeness (QED) is 0.782. The highest BCUT2D eigenvalue weighted by Gasteiger charge is 2.52. The van der Waals surface area contributed by atoms with E-state index in [2.05, 4.69) is 10.3 Å². The molecule has 130 valence electrons. The molecule has 2 fully saturated rings. The third kappa shape index (κ3) is 3.13. The summed E-state index contributed by atoms with van der Waals surface area (Å²) in [5.74, 6) is -1.66. The molecule has 3 rings (SSSR count). The summed E-state index contributed by atoms with van der Waals surface area (Å²) < 4.78 is 26.3. The first-order valence-electron chi connectivity index (χ1n) is 7.81. The van der Waals surface area contributed by atoms with Crippen molar-refractivity contribution in [1.29, 1.82) is 0 Å². The van der Waals surface area contributed by atoms with E-state index in [4.69, 9.17) is 5.11 Å². The largest absolute Gasteiger partial charge is 0.480 e. The maximum absolute atomic E-state index is 12.5. The standard InChI is InChI=1S/C15H19N3O5S/c19-13(17-15(5-6-15)14(20)21)11-3-8-18(9-4-11)24(22,23)12-2-1-7-16-10-12/h1-2,7,10-11H,3-6,8-9H2,(H,17,19)(H,20,21). The van der Waals surface area contributed by atoms with Crippen molar-refractivity contribution in [1.82, 2.24) is 14.6 Å². The van der Waals surface area contributed by atoms with E-state index >= 15 is 0 Å². The minimum absolute atomic E-state index is 0.135. The van der Waals surface area contributed by atoms with Crippen LogP contribution in [0.5, 0.6) is 0 Å². The molecule has 0 radical (unpaired) electrons. The number of nitrogens with zero attached hydrogens (tertiary/aromatic N) is 2. The van der Waals surface area contributed by atoms with Crippen molar-refractivity contribution in [3.05, 3.63) is 24.5 Å². The second-order valence-electron chi connectivity index (χ2n) is 6.24. The molecular weight excluding hydrogens is 334 g/mol. The molecule has 1 amide bonds. The Hall–Kier alpha value is -2.00. The number of hydrogen-bond donors (Lipinski definition) is 2. The van der Waals surface area contributed by atoms with Crippen LogP contribution in [0.4, 0.5) is 0 Å². The van der Waals surface area contributed by atoms with Crippen LogP contribution in [0.2, 0.25) is 0 Å². The van der Waals surface area contributed by atoms with E-state index in [-0.39, 0.29) is 29.8 Å². The van der Waals surface area contributed by atoms with Gasteiger partial charge in [0.15, 0.2) is 0 Å². The van der Waals surface area contributed by atoms with Gasteiger partial charge in [0.05, 0.1) is 0 Å². The summed E-state index contributed by atoms with van der Waals surface area (Å²) in [5.41, 5.74) is -1.10. The molecule has 1 aliphatic carbocycles. The maximum atomic E-state index is 12.5. The lowest BCUT2D eigenvalue weighted by atomic mass is 9.96. The minimum Gasteiger partial charge on any atom is -0.480 e. The van der Waals surface area contributed by atoms with Gasteiger partial charge in [0.25, 0.3) is 0 Å². The number of aromatic nitrogens is 1. The average Bonchev–Trinajstić information content (AvgIpc) is 3.37. The Kier molecular flexibility index (Phi) is 4.31. The van der Waals surface area contributed by atoms with E-state index in [0.29, 0.717) is 25.7 Å². The van der Waals surface area contributed by atoms with E-state index in [1.54, 1.807) is 6.07 Å². The summed E-state index contributed by atoms with van der Waals surface area (Å²) in [5, 5.41) is 11.7. The third-order valence-corrected chi connectivity index (χ3v) is 6.50. The molecule has 1 aliphatic heterocycles. The second-order valence-corrected chi connectivity index (χ2v) is 8.18.